The highest BCUT2D eigenvalue weighted by molar-refractivity contribution is 8.00. The van der Waals surface area contributed by atoms with Crippen LogP contribution < -0.4 is 10.2 Å². The molecule has 0 fully saturated rings. The highest BCUT2D eigenvalue weighted by Gasteiger charge is 2.38. The summed E-state index contributed by atoms with van der Waals surface area (Å²) >= 11 is 8.26. The molecule has 1 atom stereocenters. The van der Waals surface area contributed by atoms with Crippen LogP contribution in [-0.2, 0) is 16.1 Å². The molecule has 1 N–H and O–H groups in total. The van der Waals surface area contributed by atoms with E-state index in [1.807, 2.05) is 86.6 Å². The normalized spacial score (nSPS) is 14.7. The number of rotatable bonds is 7. The Morgan fingerprint density at radius 1 is 0.977 bits per heavy atom. The minimum Gasteiger partial charge on any atom is -0.350 e. The number of halogens is 2. The molecule has 1 aliphatic rings. The van der Waals surface area contributed by atoms with E-state index in [1.165, 1.54) is 23.9 Å². The van der Waals surface area contributed by atoms with Crippen molar-refractivity contribution in [2.45, 2.75) is 25.6 Å². The quantitative estimate of drug-likeness (QED) is 0.204. The summed E-state index contributed by atoms with van der Waals surface area (Å²) in [6.07, 6.45) is 0. The van der Waals surface area contributed by atoms with Crippen molar-refractivity contribution >= 4 is 41.0 Å². The molecule has 9 heteroatoms. The van der Waals surface area contributed by atoms with Crippen molar-refractivity contribution in [2.24, 2.45) is 0 Å². The Hall–Kier alpha value is -4.40. The van der Waals surface area contributed by atoms with E-state index in [0.717, 1.165) is 39.1 Å². The van der Waals surface area contributed by atoms with Crippen molar-refractivity contribution in [3.8, 4) is 16.9 Å². The van der Waals surface area contributed by atoms with Crippen molar-refractivity contribution in [1.82, 2.24) is 15.1 Å². The molecule has 0 aliphatic carbocycles. The van der Waals surface area contributed by atoms with E-state index in [9.17, 15) is 14.0 Å². The number of benzene rings is 4. The second-order valence-corrected chi connectivity index (χ2v) is 12.2. The summed E-state index contributed by atoms with van der Waals surface area (Å²) in [5, 5.41) is 8.33. The van der Waals surface area contributed by atoms with Crippen LogP contribution in [0.3, 0.4) is 0 Å². The third-order valence-corrected chi connectivity index (χ3v) is 9.41. The molecule has 222 valence electrons. The van der Waals surface area contributed by atoms with Gasteiger partial charge in [0.1, 0.15) is 18.2 Å². The van der Waals surface area contributed by atoms with Crippen molar-refractivity contribution in [1.29, 1.82) is 0 Å². The maximum atomic E-state index is 14.0. The number of fused-ring (bicyclic) bond motifs is 1. The number of hydrogen-bond acceptors (Lipinski definition) is 4. The summed E-state index contributed by atoms with van der Waals surface area (Å²) in [4.78, 5) is 29.0. The zero-order valence-electron chi connectivity index (χ0n) is 24.3. The Morgan fingerprint density at radius 3 is 2.45 bits per heavy atom. The molecule has 2 amide bonds. The van der Waals surface area contributed by atoms with Gasteiger partial charge in [0.15, 0.2) is 0 Å². The van der Waals surface area contributed by atoms with Crippen LogP contribution >= 0.6 is 23.4 Å². The van der Waals surface area contributed by atoms with E-state index in [-0.39, 0.29) is 41.7 Å². The number of carbonyl (C=O) groups is 2. The molecule has 0 spiro atoms. The largest absolute Gasteiger partial charge is 0.350 e. The lowest BCUT2D eigenvalue weighted by atomic mass is 9.99. The Morgan fingerprint density at radius 2 is 1.70 bits per heavy atom. The van der Waals surface area contributed by atoms with Crippen LogP contribution in [0.25, 0.3) is 16.9 Å². The molecule has 6 rings (SSSR count). The van der Waals surface area contributed by atoms with Gasteiger partial charge in [0.2, 0.25) is 11.8 Å². The van der Waals surface area contributed by atoms with Crippen LogP contribution in [0.2, 0.25) is 5.02 Å². The molecular formula is C35H30ClFN4O2S. The van der Waals surface area contributed by atoms with Crippen LogP contribution in [0, 0.1) is 19.7 Å². The minimum atomic E-state index is -0.345. The van der Waals surface area contributed by atoms with Gasteiger partial charge in [-0.25, -0.2) is 9.07 Å². The van der Waals surface area contributed by atoms with Gasteiger partial charge in [-0.05, 0) is 60.4 Å². The molecule has 1 unspecified atom stereocenters. The molecule has 1 aromatic heterocycles. The lowest BCUT2D eigenvalue weighted by Gasteiger charge is -2.24. The fourth-order valence-electron chi connectivity index (χ4n) is 5.40. The van der Waals surface area contributed by atoms with Crippen molar-refractivity contribution in [3.05, 3.63) is 136 Å². The Bertz CT molecular complexity index is 1840. The first-order valence-corrected chi connectivity index (χ1v) is 15.7. The van der Waals surface area contributed by atoms with Crippen LogP contribution in [0.5, 0.6) is 0 Å². The number of aromatic nitrogens is 2. The molecular weight excluding hydrogens is 595 g/mol. The number of hydrogen-bond donors (Lipinski definition) is 1. The maximum Gasteiger partial charge on any atom is 0.240 e. The highest BCUT2D eigenvalue weighted by atomic mass is 35.5. The maximum absolute atomic E-state index is 14.0. The van der Waals surface area contributed by atoms with Gasteiger partial charge < -0.3 is 5.32 Å². The van der Waals surface area contributed by atoms with E-state index in [4.69, 9.17) is 16.7 Å². The monoisotopic (exact) mass is 624 g/mol. The van der Waals surface area contributed by atoms with Gasteiger partial charge >= 0.3 is 0 Å². The summed E-state index contributed by atoms with van der Waals surface area (Å²) in [6.45, 7) is 4.05. The second-order valence-electron chi connectivity index (χ2n) is 10.7. The van der Waals surface area contributed by atoms with E-state index in [1.54, 1.807) is 21.7 Å². The van der Waals surface area contributed by atoms with Gasteiger partial charge in [0.25, 0.3) is 0 Å². The number of aryl methyl sites for hydroxylation is 1. The highest BCUT2D eigenvalue weighted by Crippen LogP contribution is 2.50. The molecule has 0 bridgehead atoms. The van der Waals surface area contributed by atoms with E-state index < -0.39 is 0 Å². The molecule has 44 heavy (non-hydrogen) atoms. The standard InChI is InChI=1S/C35H30ClFN4O2S/c1-22-9-8-14-29(23(22)2)41-35-32(33(39-41)25-10-4-3-5-11-25)34(27-12-6-7-13-28(27)36)44-21-31(43)40(35)20-30(42)38-19-24-15-17-26(37)18-16-24/h3-18,34H,19-21H2,1-2H3,(H,38,42). The van der Waals surface area contributed by atoms with Gasteiger partial charge in [-0.3, -0.25) is 14.5 Å². The molecule has 6 nitrogen and oxygen atoms in total. The molecule has 2 heterocycles. The smallest absolute Gasteiger partial charge is 0.240 e. The number of amides is 2. The Kier molecular flexibility index (Phi) is 8.55. The van der Waals surface area contributed by atoms with Gasteiger partial charge in [-0.2, -0.15) is 5.10 Å². The third kappa shape index (κ3) is 5.87. The minimum absolute atomic E-state index is 0.136. The predicted molar refractivity (Wildman–Crippen MR) is 175 cm³/mol. The van der Waals surface area contributed by atoms with Crippen LogP contribution in [0.15, 0.2) is 97.1 Å². The third-order valence-electron chi connectivity index (χ3n) is 7.83. The average molecular weight is 625 g/mol. The van der Waals surface area contributed by atoms with E-state index >= 15 is 0 Å². The van der Waals surface area contributed by atoms with Crippen LogP contribution in [0.1, 0.15) is 33.1 Å². The first-order chi connectivity index (χ1) is 21.3. The summed E-state index contributed by atoms with van der Waals surface area (Å²) in [6, 6.07) is 29.4. The lowest BCUT2D eigenvalue weighted by Crippen LogP contribution is -2.42. The number of carbonyl (C=O) groups excluding carboxylic acids is 2. The van der Waals surface area contributed by atoms with E-state index in [2.05, 4.69) is 5.32 Å². The number of nitrogens with one attached hydrogen (secondary N) is 1. The number of thioether (sulfide) groups is 1. The SMILES string of the molecule is Cc1cccc(-n2nc(-c3ccccc3)c3c2N(CC(=O)NCc2ccc(F)cc2)C(=O)CSC3c2ccccc2Cl)c1C. The van der Waals surface area contributed by atoms with Crippen molar-refractivity contribution in [3.63, 3.8) is 0 Å². The molecule has 5 aromatic rings. The van der Waals surface area contributed by atoms with Crippen LogP contribution in [0.4, 0.5) is 10.2 Å². The topological polar surface area (TPSA) is 67.2 Å². The average Bonchev–Trinajstić information content (AvgIpc) is 3.35. The van der Waals surface area contributed by atoms with E-state index in [0.29, 0.717) is 16.5 Å². The fraction of sp³-hybridized carbons (Fsp3) is 0.171. The van der Waals surface area contributed by atoms with Crippen molar-refractivity contribution < 1.29 is 14.0 Å². The Balaban J connectivity index is 1.53. The Labute approximate surface area is 264 Å². The summed E-state index contributed by atoms with van der Waals surface area (Å²) in [7, 11) is 0. The molecule has 1 aliphatic heterocycles. The van der Waals surface area contributed by atoms with Gasteiger partial charge in [0.05, 0.1) is 22.4 Å². The summed E-state index contributed by atoms with van der Waals surface area (Å²) in [5.74, 6) is -0.230. The zero-order valence-corrected chi connectivity index (χ0v) is 25.8. The molecule has 0 radical (unpaired) electrons. The fourth-order valence-corrected chi connectivity index (χ4v) is 6.94. The van der Waals surface area contributed by atoms with Gasteiger partial charge in [-0.15, -0.1) is 11.8 Å². The summed E-state index contributed by atoms with van der Waals surface area (Å²) in [5.41, 5.74) is 6.94. The summed E-state index contributed by atoms with van der Waals surface area (Å²) < 4.78 is 15.2. The zero-order chi connectivity index (χ0) is 30.8. The van der Waals surface area contributed by atoms with Gasteiger partial charge in [-0.1, -0.05) is 84.4 Å². The number of anilines is 1. The molecule has 0 saturated heterocycles. The molecule has 0 saturated carbocycles. The predicted octanol–water partition coefficient (Wildman–Crippen LogP) is 7.43. The number of nitrogens with zero attached hydrogens (tertiary/aromatic N) is 3. The van der Waals surface area contributed by atoms with Crippen LogP contribution in [-0.4, -0.2) is 33.9 Å². The van der Waals surface area contributed by atoms with Crippen molar-refractivity contribution in [2.75, 3.05) is 17.2 Å². The second kappa shape index (κ2) is 12.7. The first-order valence-electron chi connectivity index (χ1n) is 14.2. The lowest BCUT2D eigenvalue weighted by molar-refractivity contribution is -0.123. The first kappa shape index (κ1) is 29.7. The molecule has 4 aromatic carbocycles. The van der Waals surface area contributed by atoms with Gasteiger partial charge in [0, 0.05) is 22.7 Å².